The van der Waals surface area contributed by atoms with Crippen LogP contribution in [0.2, 0.25) is 5.02 Å². The van der Waals surface area contributed by atoms with Gasteiger partial charge in [-0.05, 0) is 62.4 Å². The molecule has 0 atom stereocenters. The largest absolute Gasteiger partial charge is 0.494 e. The number of nitrogens with one attached hydrogen (secondary N) is 2. The van der Waals surface area contributed by atoms with Crippen LogP contribution in [0.25, 0.3) is 0 Å². The van der Waals surface area contributed by atoms with Gasteiger partial charge in [0.05, 0.1) is 11.6 Å². The van der Waals surface area contributed by atoms with Gasteiger partial charge in [0.2, 0.25) is 5.88 Å². The van der Waals surface area contributed by atoms with Gasteiger partial charge in [-0.15, -0.1) is 0 Å². The van der Waals surface area contributed by atoms with Crippen molar-refractivity contribution < 1.29 is 14.3 Å². The number of pyridine rings is 1. The summed E-state index contributed by atoms with van der Waals surface area (Å²) in [5.41, 5.74) is 0.746. The van der Waals surface area contributed by atoms with Crippen LogP contribution in [0.15, 0.2) is 42.6 Å². The second kappa shape index (κ2) is 10.9. The Bertz CT molecular complexity index is 760. The summed E-state index contributed by atoms with van der Waals surface area (Å²) in [6.07, 6.45) is 7.32. The Hall–Kier alpha value is -2.47. The SMILES string of the molecule is CCCCOc1ccc(NC(=O)NC2CCC(Oc3ccc(Cl)cn3)CC2)cc1. The zero-order chi connectivity index (χ0) is 20.5. The van der Waals surface area contributed by atoms with E-state index in [1.165, 1.54) is 0 Å². The van der Waals surface area contributed by atoms with Gasteiger partial charge in [0, 0.05) is 24.0 Å². The summed E-state index contributed by atoms with van der Waals surface area (Å²) in [6.45, 7) is 2.84. The minimum absolute atomic E-state index is 0.116. The van der Waals surface area contributed by atoms with Gasteiger partial charge in [-0.3, -0.25) is 0 Å². The van der Waals surface area contributed by atoms with E-state index in [1.54, 1.807) is 18.3 Å². The molecule has 1 fully saturated rings. The molecule has 2 N–H and O–H groups in total. The molecule has 1 heterocycles. The van der Waals surface area contributed by atoms with E-state index in [0.717, 1.165) is 50.0 Å². The van der Waals surface area contributed by atoms with E-state index in [2.05, 4.69) is 22.5 Å². The molecule has 29 heavy (non-hydrogen) atoms. The number of amides is 2. The molecule has 0 bridgehead atoms. The average molecular weight is 418 g/mol. The molecule has 1 saturated carbocycles. The van der Waals surface area contributed by atoms with Crippen LogP contribution in [0.1, 0.15) is 45.4 Å². The first-order valence-corrected chi connectivity index (χ1v) is 10.6. The van der Waals surface area contributed by atoms with Gasteiger partial charge < -0.3 is 20.1 Å². The summed E-state index contributed by atoms with van der Waals surface area (Å²) in [4.78, 5) is 16.4. The van der Waals surface area contributed by atoms with Crippen LogP contribution in [0, 0.1) is 0 Å². The average Bonchev–Trinajstić information content (AvgIpc) is 2.73. The van der Waals surface area contributed by atoms with Crippen LogP contribution < -0.4 is 20.1 Å². The Morgan fingerprint density at radius 3 is 2.55 bits per heavy atom. The molecule has 1 aliphatic rings. The van der Waals surface area contributed by atoms with Crippen LogP contribution >= 0.6 is 11.6 Å². The van der Waals surface area contributed by atoms with E-state index in [1.807, 2.05) is 24.3 Å². The summed E-state index contributed by atoms with van der Waals surface area (Å²) in [7, 11) is 0. The molecule has 3 rings (SSSR count). The quantitative estimate of drug-likeness (QED) is 0.562. The summed E-state index contributed by atoms with van der Waals surface area (Å²) in [5, 5.41) is 6.52. The second-order valence-corrected chi connectivity index (χ2v) is 7.67. The first-order valence-electron chi connectivity index (χ1n) is 10.2. The molecule has 7 heteroatoms. The lowest BCUT2D eigenvalue weighted by molar-refractivity contribution is 0.135. The van der Waals surface area contributed by atoms with Crippen molar-refractivity contribution in [2.45, 2.75) is 57.6 Å². The Balaban J connectivity index is 1.37. The first-order chi connectivity index (χ1) is 14.1. The van der Waals surface area contributed by atoms with Gasteiger partial charge in [0.25, 0.3) is 0 Å². The monoisotopic (exact) mass is 417 g/mol. The number of unbranched alkanes of at least 4 members (excludes halogenated alkanes) is 1. The number of ether oxygens (including phenoxy) is 2. The number of nitrogens with zero attached hydrogens (tertiary/aromatic N) is 1. The highest BCUT2D eigenvalue weighted by Crippen LogP contribution is 2.24. The predicted octanol–water partition coefficient (Wildman–Crippen LogP) is 5.43. The number of rotatable bonds is 8. The normalized spacial score (nSPS) is 18.7. The van der Waals surface area contributed by atoms with Crippen molar-refractivity contribution in [2.75, 3.05) is 11.9 Å². The molecular weight excluding hydrogens is 390 g/mol. The van der Waals surface area contributed by atoms with Crippen molar-refractivity contribution in [3.8, 4) is 11.6 Å². The summed E-state index contributed by atoms with van der Waals surface area (Å²) < 4.78 is 11.5. The third-order valence-electron chi connectivity index (χ3n) is 4.88. The Morgan fingerprint density at radius 2 is 1.90 bits per heavy atom. The first kappa shape index (κ1) is 21.2. The molecule has 0 aliphatic heterocycles. The van der Waals surface area contributed by atoms with Gasteiger partial charge in [-0.2, -0.15) is 0 Å². The standard InChI is InChI=1S/C22H28ClN3O3/c1-2-3-14-28-19-9-5-17(6-10-19)25-22(27)26-18-7-11-20(12-8-18)29-21-13-4-16(23)15-24-21/h4-6,9-10,13,15,18,20H,2-3,7-8,11-12,14H2,1H3,(H2,25,26,27). The topological polar surface area (TPSA) is 72.5 Å². The van der Waals surface area contributed by atoms with Gasteiger partial charge in [0.1, 0.15) is 11.9 Å². The maximum Gasteiger partial charge on any atom is 0.319 e. The number of urea groups is 1. The van der Waals surface area contributed by atoms with Crippen LogP contribution in [0.3, 0.4) is 0 Å². The fraction of sp³-hybridized carbons (Fsp3) is 0.455. The smallest absolute Gasteiger partial charge is 0.319 e. The molecule has 0 spiro atoms. The fourth-order valence-electron chi connectivity index (χ4n) is 3.25. The van der Waals surface area contributed by atoms with Gasteiger partial charge in [-0.1, -0.05) is 24.9 Å². The number of hydrogen-bond acceptors (Lipinski definition) is 4. The van der Waals surface area contributed by atoms with Crippen molar-refractivity contribution in [1.29, 1.82) is 0 Å². The van der Waals surface area contributed by atoms with Crippen molar-refractivity contribution in [2.24, 2.45) is 0 Å². The van der Waals surface area contributed by atoms with E-state index in [4.69, 9.17) is 21.1 Å². The van der Waals surface area contributed by atoms with Crippen LogP contribution in [-0.2, 0) is 0 Å². The molecule has 0 unspecified atom stereocenters. The lowest BCUT2D eigenvalue weighted by Crippen LogP contribution is -2.41. The van der Waals surface area contributed by atoms with Gasteiger partial charge >= 0.3 is 6.03 Å². The summed E-state index contributed by atoms with van der Waals surface area (Å²) in [5.74, 6) is 1.41. The molecule has 0 radical (unpaired) electrons. The lowest BCUT2D eigenvalue weighted by Gasteiger charge is -2.29. The van der Waals surface area contributed by atoms with Crippen molar-refractivity contribution in [3.05, 3.63) is 47.6 Å². The molecule has 156 valence electrons. The van der Waals surface area contributed by atoms with Crippen LogP contribution in [0.4, 0.5) is 10.5 Å². The van der Waals surface area contributed by atoms with Crippen LogP contribution in [-0.4, -0.2) is 29.8 Å². The zero-order valence-corrected chi connectivity index (χ0v) is 17.5. The highest BCUT2D eigenvalue weighted by Gasteiger charge is 2.24. The minimum Gasteiger partial charge on any atom is -0.494 e. The number of benzene rings is 1. The van der Waals surface area contributed by atoms with Crippen molar-refractivity contribution >= 4 is 23.3 Å². The second-order valence-electron chi connectivity index (χ2n) is 7.23. The third kappa shape index (κ3) is 7.13. The summed E-state index contributed by atoms with van der Waals surface area (Å²) in [6, 6.07) is 11.0. The Morgan fingerprint density at radius 1 is 1.14 bits per heavy atom. The zero-order valence-electron chi connectivity index (χ0n) is 16.7. The molecule has 1 aliphatic carbocycles. The molecule has 1 aromatic carbocycles. The number of carbonyl (C=O) groups excluding carboxylic acids is 1. The number of aromatic nitrogens is 1. The minimum atomic E-state index is -0.187. The Kier molecular flexibility index (Phi) is 7.99. The van der Waals surface area contributed by atoms with Crippen molar-refractivity contribution in [3.63, 3.8) is 0 Å². The highest BCUT2D eigenvalue weighted by atomic mass is 35.5. The molecule has 6 nitrogen and oxygen atoms in total. The maximum absolute atomic E-state index is 12.3. The fourth-order valence-corrected chi connectivity index (χ4v) is 3.36. The third-order valence-corrected chi connectivity index (χ3v) is 5.10. The number of carbonyl (C=O) groups is 1. The molecular formula is C22H28ClN3O3. The van der Waals surface area contributed by atoms with E-state index < -0.39 is 0 Å². The Labute approximate surface area is 177 Å². The molecule has 2 aromatic rings. The van der Waals surface area contributed by atoms with E-state index in [9.17, 15) is 4.79 Å². The maximum atomic E-state index is 12.3. The molecule has 2 amide bonds. The predicted molar refractivity (Wildman–Crippen MR) is 115 cm³/mol. The van der Waals surface area contributed by atoms with E-state index >= 15 is 0 Å². The lowest BCUT2D eigenvalue weighted by atomic mass is 9.93. The number of halogens is 1. The summed E-state index contributed by atoms with van der Waals surface area (Å²) >= 11 is 5.84. The highest BCUT2D eigenvalue weighted by molar-refractivity contribution is 6.30. The number of anilines is 1. The van der Waals surface area contributed by atoms with Gasteiger partial charge in [0.15, 0.2) is 0 Å². The van der Waals surface area contributed by atoms with E-state index in [0.29, 0.717) is 17.5 Å². The van der Waals surface area contributed by atoms with E-state index in [-0.39, 0.29) is 18.2 Å². The number of hydrogen-bond donors (Lipinski definition) is 2. The van der Waals surface area contributed by atoms with Crippen LogP contribution in [0.5, 0.6) is 11.6 Å². The van der Waals surface area contributed by atoms with Gasteiger partial charge in [-0.25, -0.2) is 9.78 Å². The molecule has 0 saturated heterocycles. The van der Waals surface area contributed by atoms with Crippen molar-refractivity contribution in [1.82, 2.24) is 10.3 Å². The molecule has 1 aromatic heterocycles.